The quantitative estimate of drug-likeness (QED) is 0.820. The molecule has 1 aromatic carbocycles. The van der Waals surface area contributed by atoms with E-state index in [-0.39, 0.29) is 5.92 Å². The summed E-state index contributed by atoms with van der Waals surface area (Å²) in [6, 6.07) is 7.80. The average Bonchev–Trinajstić information content (AvgIpc) is 3.04. The number of piperidine rings is 1. The summed E-state index contributed by atoms with van der Waals surface area (Å²) in [5.41, 5.74) is 1.17. The van der Waals surface area contributed by atoms with Crippen molar-refractivity contribution >= 4 is 17.4 Å². The van der Waals surface area contributed by atoms with Crippen LogP contribution in [-0.4, -0.2) is 28.4 Å². The molecule has 1 fully saturated rings. The van der Waals surface area contributed by atoms with Crippen molar-refractivity contribution in [3.63, 3.8) is 0 Å². The van der Waals surface area contributed by atoms with Gasteiger partial charge >= 0.3 is 0 Å². The first-order chi connectivity index (χ1) is 12.1. The molecule has 0 amide bonds. The molecule has 0 bridgehead atoms. The van der Waals surface area contributed by atoms with E-state index in [0.29, 0.717) is 18.1 Å². The van der Waals surface area contributed by atoms with Gasteiger partial charge in [0.05, 0.1) is 0 Å². The SMILES string of the molecule is Cc1nccn1CC(C(=O)CCc1ccc(Cl)cc1)C1CCNCC1. The minimum Gasteiger partial charge on any atom is -0.334 e. The molecule has 0 spiro atoms. The van der Waals surface area contributed by atoms with Gasteiger partial charge in [0, 0.05) is 36.3 Å². The molecule has 0 saturated carbocycles. The van der Waals surface area contributed by atoms with Crippen LogP contribution in [0.3, 0.4) is 0 Å². The maximum Gasteiger partial charge on any atom is 0.138 e. The van der Waals surface area contributed by atoms with Gasteiger partial charge in [0.2, 0.25) is 0 Å². The van der Waals surface area contributed by atoms with E-state index in [0.717, 1.165) is 49.7 Å². The van der Waals surface area contributed by atoms with E-state index in [1.807, 2.05) is 43.6 Å². The van der Waals surface area contributed by atoms with Gasteiger partial charge < -0.3 is 9.88 Å². The first-order valence-electron chi connectivity index (χ1n) is 9.09. The van der Waals surface area contributed by atoms with Gasteiger partial charge in [0.25, 0.3) is 0 Å². The van der Waals surface area contributed by atoms with Gasteiger partial charge in [-0.1, -0.05) is 23.7 Å². The van der Waals surface area contributed by atoms with Gasteiger partial charge in [-0.15, -0.1) is 0 Å². The number of carbonyl (C=O) groups is 1. The van der Waals surface area contributed by atoms with E-state index in [2.05, 4.69) is 14.9 Å². The van der Waals surface area contributed by atoms with Crippen molar-refractivity contribution in [2.45, 2.75) is 39.2 Å². The molecule has 1 aromatic heterocycles. The van der Waals surface area contributed by atoms with Crippen LogP contribution in [-0.2, 0) is 17.8 Å². The molecule has 5 heteroatoms. The Hall–Kier alpha value is -1.65. The van der Waals surface area contributed by atoms with Gasteiger partial charge in [0.15, 0.2) is 0 Å². The number of Topliss-reactive ketones (excluding diaryl/α,β-unsaturated/α-hetero) is 1. The van der Waals surface area contributed by atoms with Crippen molar-refractivity contribution in [1.29, 1.82) is 0 Å². The van der Waals surface area contributed by atoms with Crippen molar-refractivity contribution < 1.29 is 4.79 Å². The smallest absolute Gasteiger partial charge is 0.138 e. The number of ketones is 1. The standard InChI is InChI=1S/C20H26ClN3O/c1-15-23-12-13-24(15)14-19(17-8-10-22-11-9-17)20(25)7-4-16-2-5-18(21)6-3-16/h2-3,5-6,12-13,17,19,22H,4,7-11,14H2,1H3. The Kier molecular flexibility index (Phi) is 6.27. The number of carbonyl (C=O) groups excluding carboxylic acids is 1. The van der Waals surface area contributed by atoms with Gasteiger partial charge in [-0.2, -0.15) is 0 Å². The fourth-order valence-corrected chi connectivity index (χ4v) is 3.80. The summed E-state index contributed by atoms with van der Waals surface area (Å²) in [6.07, 6.45) is 7.31. The van der Waals surface area contributed by atoms with Crippen molar-refractivity contribution in [2.24, 2.45) is 11.8 Å². The van der Waals surface area contributed by atoms with E-state index in [1.54, 1.807) is 0 Å². The molecule has 2 heterocycles. The van der Waals surface area contributed by atoms with Crippen LogP contribution in [0.5, 0.6) is 0 Å². The van der Waals surface area contributed by atoms with Crippen LogP contribution in [0.25, 0.3) is 0 Å². The average molecular weight is 360 g/mol. The predicted molar refractivity (Wildman–Crippen MR) is 101 cm³/mol. The minimum atomic E-state index is 0.0716. The number of benzene rings is 1. The lowest BCUT2D eigenvalue weighted by atomic mass is 9.80. The van der Waals surface area contributed by atoms with Crippen molar-refractivity contribution in [3.8, 4) is 0 Å². The first kappa shape index (κ1) is 18.2. The third-order valence-corrected chi connectivity index (χ3v) is 5.51. The number of imidazole rings is 1. The van der Waals surface area contributed by atoms with Gasteiger partial charge in [-0.3, -0.25) is 4.79 Å². The zero-order valence-electron chi connectivity index (χ0n) is 14.7. The molecule has 1 N–H and O–H groups in total. The van der Waals surface area contributed by atoms with Crippen LogP contribution < -0.4 is 5.32 Å². The van der Waals surface area contributed by atoms with Crippen LogP contribution in [0.2, 0.25) is 5.02 Å². The molecule has 25 heavy (non-hydrogen) atoms. The normalized spacial score (nSPS) is 16.7. The highest BCUT2D eigenvalue weighted by Gasteiger charge is 2.29. The Balaban J connectivity index is 1.67. The number of hydrogen-bond acceptors (Lipinski definition) is 3. The Morgan fingerprint density at radius 3 is 2.68 bits per heavy atom. The summed E-state index contributed by atoms with van der Waals surface area (Å²) >= 11 is 5.94. The second-order valence-corrected chi connectivity index (χ2v) is 7.35. The van der Waals surface area contributed by atoms with Crippen molar-refractivity contribution in [3.05, 3.63) is 53.1 Å². The molecular weight excluding hydrogens is 334 g/mol. The number of aromatic nitrogens is 2. The lowest BCUT2D eigenvalue weighted by molar-refractivity contribution is -0.125. The number of aryl methyl sites for hydroxylation is 2. The molecular formula is C20H26ClN3O. The molecule has 1 saturated heterocycles. The zero-order valence-corrected chi connectivity index (χ0v) is 15.5. The summed E-state index contributed by atoms with van der Waals surface area (Å²) in [4.78, 5) is 17.3. The molecule has 1 unspecified atom stereocenters. The van der Waals surface area contributed by atoms with E-state index in [4.69, 9.17) is 11.6 Å². The molecule has 4 nitrogen and oxygen atoms in total. The third kappa shape index (κ3) is 4.93. The summed E-state index contributed by atoms with van der Waals surface area (Å²) < 4.78 is 2.12. The first-order valence-corrected chi connectivity index (χ1v) is 9.47. The van der Waals surface area contributed by atoms with E-state index in [1.165, 1.54) is 5.56 Å². The van der Waals surface area contributed by atoms with Crippen LogP contribution >= 0.6 is 11.6 Å². The summed E-state index contributed by atoms with van der Waals surface area (Å²) in [5.74, 6) is 1.88. The Morgan fingerprint density at radius 1 is 1.32 bits per heavy atom. The van der Waals surface area contributed by atoms with Crippen LogP contribution in [0, 0.1) is 18.8 Å². The highest BCUT2D eigenvalue weighted by atomic mass is 35.5. The molecule has 2 aromatic rings. The second-order valence-electron chi connectivity index (χ2n) is 6.91. The second kappa shape index (κ2) is 8.63. The largest absolute Gasteiger partial charge is 0.334 e. The molecule has 0 aliphatic carbocycles. The maximum atomic E-state index is 13.0. The van der Waals surface area contributed by atoms with Crippen molar-refractivity contribution in [2.75, 3.05) is 13.1 Å². The fraction of sp³-hybridized carbons (Fsp3) is 0.500. The molecule has 1 aliphatic rings. The topological polar surface area (TPSA) is 46.9 Å². The minimum absolute atomic E-state index is 0.0716. The number of rotatable bonds is 7. The van der Waals surface area contributed by atoms with E-state index in [9.17, 15) is 4.79 Å². The molecule has 134 valence electrons. The summed E-state index contributed by atoms with van der Waals surface area (Å²) in [6.45, 7) is 4.76. The third-order valence-electron chi connectivity index (χ3n) is 5.26. The molecule has 0 radical (unpaired) electrons. The monoisotopic (exact) mass is 359 g/mol. The zero-order chi connectivity index (χ0) is 17.6. The molecule has 1 atom stereocenters. The highest BCUT2D eigenvalue weighted by Crippen LogP contribution is 2.26. The lowest BCUT2D eigenvalue weighted by Crippen LogP contribution is -2.37. The van der Waals surface area contributed by atoms with Crippen LogP contribution in [0.4, 0.5) is 0 Å². The summed E-state index contributed by atoms with van der Waals surface area (Å²) in [7, 11) is 0. The van der Waals surface area contributed by atoms with E-state index >= 15 is 0 Å². The number of nitrogens with zero attached hydrogens (tertiary/aromatic N) is 2. The van der Waals surface area contributed by atoms with Crippen molar-refractivity contribution in [1.82, 2.24) is 14.9 Å². The number of hydrogen-bond donors (Lipinski definition) is 1. The molecule has 1 aliphatic heterocycles. The van der Waals surface area contributed by atoms with Gasteiger partial charge in [0.1, 0.15) is 11.6 Å². The number of nitrogens with one attached hydrogen (secondary N) is 1. The Bertz CT molecular complexity index is 689. The maximum absolute atomic E-state index is 13.0. The highest BCUT2D eigenvalue weighted by molar-refractivity contribution is 6.30. The predicted octanol–water partition coefficient (Wildman–Crippen LogP) is 3.66. The molecule has 3 rings (SSSR count). The summed E-state index contributed by atoms with van der Waals surface area (Å²) in [5, 5.41) is 4.13. The van der Waals surface area contributed by atoms with Gasteiger partial charge in [-0.25, -0.2) is 4.98 Å². The van der Waals surface area contributed by atoms with Gasteiger partial charge in [-0.05, 0) is 62.9 Å². The Labute approximate surface area is 154 Å². The fourth-order valence-electron chi connectivity index (χ4n) is 3.67. The van der Waals surface area contributed by atoms with Crippen LogP contribution in [0.1, 0.15) is 30.7 Å². The Morgan fingerprint density at radius 2 is 2.04 bits per heavy atom. The van der Waals surface area contributed by atoms with Crippen LogP contribution in [0.15, 0.2) is 36.7 Å². The van der Waals surface area contributed by atoms with E-state index < -0.39 is 0 Å². The number of halogens is 1. The lowest BCUT2D eigenvalue weighted by Gasteiger charge is -2.30.